The van der Waals surface area contributed by atoms with Gasteiger partial charge in [-0.15, -0.1) is 5.10 Å². The number of anilines is 2. The van der Waals surface area contributed by atoms with Crippen molar-refractivity contribution in [3.05, 3.63) is 30.4 Å². The van der Waals surface area contributed by atoms with Crippen LogP contribution in [-0.2, 0) is 11.3 Å². The number of rotatable bonds is 7. The zero-order valence-corrected chi connectivity index (χ0v) is 10.1. The molecule has 2 aromatic heterocycles. The third-order valence-corrected chi connectivity index (χ3v) is 2.17. The smallest absolute Gasteiger partial charge is 0.244 e. The lowest BCUT2D eigenvalue weighted by Gasteiger charge is -2.06. The van der Waals surface area contributed by atoms with Gasteiger partial charge in [0.2, 0.25) is 5.95 Å². The van der Waals surface area contributed by atoms with E-state index in [1.165, 1.54) is 0 Å². The predicted octanol–water partition coefficient (Wildman–Crippen LogP) is 1.13. The van der Waals surface area contributed by atoms with Crippen LogP contribution in [0.4, 0.5) is 11.8 Å². The van der Waals surface area contributed by atoms with Crippen LogP contribution in [0.5, 0.6) is 0 Å². The van der Waals surface area contributed by atoms with Crippen molar-refractivity contribution in [2.45, 2.75) is 6.54 Å². The lowest BCUT2D eigenvalue weighted by Crippen LogP contribution is -2.12. The fourth-order valence-electron chi connectivity index (χ4n) is 1.32. The third-order valence-electron chi connectivity index (χ3n) is 2.17. The van der Waals surface area contributed by atoms with Gasteiger partial charge in [-0.05, 0) is 12.1 Å². The molecule has 2 heterocycles. The molecule has 0 atom stereocenters. The molecule has 0 fully saturated rings. The van der Waals surface area contributed by atoms with Crippen molar-refractivity contribution in [2.75, 3.05) is 30.9 Å². The molecular weight excluding hydrogens is 234 g/mol. The minimum absolute atomic E-state index is 0.469. The number of methoxy groups -OCH3 is 1. The number of furan rings is 1. The second kappa shape index (κ2) is 6.55. The second-order valence-corrected chi connectivity index (χ2v) is 3.52. The van der Waals surface area contributed by atoms with E-state index in [1.807, 2.05) is 12.1 Å². The van der Waals surface area contributed by atoms with E-state index in [2.05, 4.69) is 25.8 Å². The highest BCUT2D eigenvalue weighted by Crippen LogP contribution is 2.06. The van der Waals surface area contributed by atoms with Crippen LogP contribution in [0.25, 0.3) is 0 Å². The maximum atomic E-state index is 5.21. The summed E-state index contributed by atoms with van der Waals surface area (Å²) in [6.45, 7) is 1.79. The highest BCUT2D eigenvalue weighted by molar-refractivity contribution is 5.37. The van der Waals surface area contributed by atoms with Gasteiger partial charge in [-0.3, -0.25) is 0 Å². The van der Waals surface area contributed by atoms with Gasteiger partial charge in [0, 0.05) is 13.7 Å². The van der Waals surface area contributed by atoms with Crippen LogP contribution in [0.15, 0.2) is 29.0 Å². The molecule has 0 amide bonds. The molecule has 0 radical (unpaired) electrons. The van der Waals surface area contributed by atoms with Crippen LogP contribution < -0.4 is 10.6 Å². The molecule has 0 saturated carbocycles. The van der Waals surface area contributed by atoms with E-state index in [4.69, 9.17) is 9.15 Å². The van der Waals surface area contributed by atoms with Crippen molar-refractivity contribution in [2.24, 2.45) is 0 Å². The van der Waals surface area contributed by atoms with Gasteiger partial charge >= 0.3 is 0 Å². The van der Waals surface area contributed by atoms with Crippen molar-refractivity contribution < 1.29 is 9.15 Å². The Balaban J connectivity index is 1.86. The molecule has 0 unspecified atom stereocenters. The number of ether oxygens (including phenoxy) is 1. The van der Waals surface area contributed by atoms with Gasteiger partial charge in [-0.1, -0.05) is 0 Å². The van der Waals surface area contributed by atoms with E-state index in [0.717, 1.165) is 5.76 Å². The molecule has 0 aliphatic heterocycles. The van der Waals surface area contributed by atoms with E-state index in [0.29, 0.717) is 31.5 Å². The molecule has 0 aliphatic carbocycles. The quantitative estimate of drug-likeness (QED) is 0.711. The Bertz CT molecular complexity index is 460. The summed E-state index contributed by atoms with van der Waals surface area (Å²) in [4.78, 5) is 4.25. The minimum atomic E-state index is 0.469. The van der Waals surface area contributed by atoms with Crippen LogP contribution in [0.1, 0.15) is 5.76 Å². The molecule has 96 valence electrons. The van der Waals surface area contributed by atoms with Gasteiger partial charge in [0.15, 0.2) is 5.82 Å². The van der Waals surface area contributed by atoms with Gasteiger partial charge in [0.25, 0.3) is 0 Å². The minimum Gasteiger partial charge on any atom is -0.467 e. The number of nitrogens with zero attached hydrogens (tertiary/aromatic N) is 3. The maximum absolute atomic E-state index is 5.21. The SMILES string of the molecule is COCCNc1nncc(NCc2ccco2)n1. The molecule has 0 bridgehead atoms. The average Bonchev–Trinajstić information content (AvgIpc) is 2.90. The van der Waals surface area contributed by atoms with Gasteiger partial charge in [-0.2, -0.15) is 10.1 Å². The van der Waals surface area contributed by atoms with E-state index in [9.17, 15) is 0 Å². The first-order valence-electron chi connectivity index (χ1n) is 5.57. The van der Waals surface area contributed by atoms with Crippen molar-refractivity contribution in [1.29, 1.82) is 0 Å². The average molecular weight is 249 g/mol. The lowest BCUT2D eigenvalue weighted by molar-refractivity contribution is 0.210. The predicted molar refractivity (Wildman–Crippen MR) is 66.2 cm³/mol. The Morgan fingerprint density at radius 1 is 1.39 bits per heavy atom. The Morgan fingerprint density at radius 3 is 3.11 bits per heavy atom. The molecule has 2 aromatic rings. The molecule has 2 N–H and O–H groups in total. The molecular formula is C11H15N5O2. The summed E-state index contributed by atoms with van der Waals surface area (Å²) < 4.78 is 10.1. The standard InChI is InChI=1S/C11H15N5O2/c1-17-6-4-12-11-15-10(8-14-16-11)13-7-9-3-2-5-18-9/h2-3,5,8H,4,6-7H2,1H3,(H2,12,13,15,16). The summed E-state index contributed by atoms with van der Waals surface area (Å²) in [5, 5.41) is 13.8. The topological polar surface area (TPSA) is 85.1 Å². The van der Waals surface area contributed by atoms with Crippen LogP contribution in [0.3, 0.4) is 0 Å². The first-order chi connectivity index (χ1) is 8.88. The summed E-state index contributed by atoms with van der Waals surface area (Å²) in [7, 11) is 1.64. The normalized spacial score (nSPS) is 10.3. The molecule has 18 heavy (non-hydrogen) atoms. The van der Waals surface area contributed by atoms with Gasteiger partial charge in [0.1, 0.15) is 5.76 Å². The Hall–Kier alpha value is -2.15. The van der Waals surface area contributed by atoms with Gasteiger partial charge < -0.3 is 19.8 Å². The second-order valence-electron chi connectivity index (χ2n) is 3.52. The van der Waals surface area contributed by atoms with Gasteiger partial charge in [0.05, 0.1) is 25.6 Å². The first-order valence-corrected chi connectivity index (χ1v) is 5.57. The maximum Gasteiger partial charge on any atom is 0.244 e. The third kappa shape index (κ3) is 3.70. The summed E-state index contributed by atoms with van der Waals surface area (Å²) >= 11 is 0. The zero-order chi connectivity index (χ0) is 12.6. The first kappa shape index (κ1) is 12.3. The largest absolute Gasteiger partial charge is 0.467 e. The molecule has 0 saturated heterocycles. The van der Waals surface area contributed by atoms with E-state index < -0.39 is 0 Å². The Morgan fingerprint density at radius 2 is 2.33 bits per heavy atom. The number of hydrogen-bond acceptors (Lipinski definition) is 7. The molecule has 0 spiro atoms. The molecule has 7 nitrogen and oxygen atoms in total. The van der Waals surface area contributed by atoms with Crippen LogP contribution >= 0.6 is 0 Å². The lowest BCUT2D eigenvalue weighted by atomic mass is 10.4. The molecule has 7 heteroatoms. The fourth-order valence-corrected chi connectivity index (χ4v) is 1.32. The fraction of sp³-hybridized carbons (Fsp3) is 0.364. The molecule has 0 aromatic carbocycles. The van der Waals surface area contributed by atoms with Crippen molar-refractivity contribution in [1.82, 2.24) is 15.2 Å². The van der Waals surface area contributed by atoms with Crippen LogP contribution in [-0.4, -0.2) is 35.4 Å². The van der Waals surface area contributed by atoms with Crippen molar-refractivity contribution in [3.8, 4) is 0 Å². The molecule has 2 rings (SSSR count). The highest BCUT2D eigenvalue weighted by atomic mass is 16.5. The van der Waals surface area contributed by atoms with Crippen molar-refractivity contribution in [3.63, 3.8) is 0 Å². The Kier molecular flexibility index (Phi) is 4.48. The number of nitrogens with one attached hydrogen (secondary N) is 2. The van der Waals surface area contributed by atoms with Crippen molar-refractivity contribution >= 4 is 11.8 Å². The summed E-state index contributed by atoms with van der Waals surface area (Å²) in [5.41, 5.74) is 0. The van der Waals surface area contributed by atoms with Crippen LogP contribution in [0.2, 0.25) is 0 Å². The Labute approximate surface area is 105 Å². The summed E-state index contributed by atoms with van der Waals surface area (Å²) in [6, 6.07) is 3.73. The van der Waals surface area contributed by atoms with Crippen LogP contribution in [0, 0.1) is 0 Å². The number of hydrogen-bond donors (Lipinski definition) is 2. The molecule has 0 aliphatic rings. The number of aromatic nitrogens is 3. The highest BCUT2D eigenvalue weighted by Gasteiger charge is 2.01. The zero-order valence-electron chi connectivity index (χ0n) is 10.1. The van der Waals surface area contributed by atoms with Gasteiger partial charge in [-0.25, -0.2) is 0 Å². The monoisotopic (exact) mass is 249 g/mol. The summed E-state index contributed by atoms with van der Waals surface area (Å²) in [5.74, 6) is 1.94. The summed E-state index contributed by atoms with van der Waals surface area (Å²) in [6.07, 6.45) is 3.19. The van der Waals surface area contributed by atoms with E-state index in [-0.39, 0.29) is 0 Å². The van der Waals surface area contributed by atoms with E-state index in [1.54, 1.807) is 19.6 Å². The van der Waals surface area contributed by atoms with E-state index >= 15 is 0 Å².